The second-order valence-electron chi connectivity index (χ2n) is 10.3. The lowest BCUT2D eigenvalue weighted by atomic mass is 9.84. The van der Waals surface area contributed by atoms with Gasteiger partial charge in [0.2, 0.25) is 0 Å². The molecule has 0 aliphatic heterocycles. The van der Waals surface area contributed by atoms with Crippen molar-refractivity contribution in [3.8, 4) is 39.1 Å². The standard InChI is InChI=1S/C32H34O/c1-20-17-25(30-14-11-27(19-22(30)3)32(5,6)7)9-12-28(20)24-8-13-29(21(2)16-24)26-10-15-31(33)23(4)18-26/h8-19,33H,1-7H3. The molecule has 0 bridgehead atoms. The fourth-order valence-electron chi connectivity index (χ4n) is 4.59. The van der Waals surface area contributed by atoms with Crippen LogP contribution in [0.25, 0.3) is 33.4 Å². The van der Waals surface area contributed by atoms with E-state index >= 15 is 0 Å². The summed E-state index contributed by atoms with van der Waals surface area (Å²) in [5.74, 6) is 0.340. The van der Waals surface area contributed by atoms with E-state index < -0.39 is 0 Å². The molecular weight excluding hydrogens is 400 g/mol. The third-order valence-electron chi connectivity index (χ3n) is 6.68. The van der Waals surface area contributed by atoms with Gasteiger partial charge in [-0.05, 0) is 106 Å². The van der Waals surface area contributed by atoms with E-state index in [9.17, 15) is 5.11 Å². The Balaban J connectivity index is 1.67. The number of hydrogen-bond donors (Lipinski definition) is 1. The van der Waals surface area contributed by atoms with Crippen LogP contribution in [0.2, 0.25) is 0 Å². The van der Waals surface area contributed by atoms with Gasteiger partial charge in [0.15, 0.2) is 0 Å². The molecular formula is C32H34O. The van der Waals surface area contributed by atoms with Crippen molar-refractivity contribution < 1.29 is 5.11 Å². The van der Waals surface area contributed by atoms with Crippen LogP contribution < -0.4 is 0 Å². The topological polar surface area (TPSA) is 20.2 Å². The van der Waals surface area contributed by atoms with E-state index in [-0.39, 0.29) is 5.41 Å². The lowest BCUT2D eigenvalue weighted by Gasteiger charge is -2.21. The molecule has 4 rings (SSSR count). The number of hydrogen-bond acceptors (Lipinski definition) is 1. The van der Waals surface area contributed by atoms with Crippen molar-refractivity contribution in [2.45, 2.75) is 53.9 Å². The van der Waals surface area contributed by atoms with Gasteiger partial charge >= 0.3 is 0 Å². The van der Waals surface area contributed by atoms with Crippen molar-refractivity contribution in [1.29, 1.82) is 0 Å². The first-order valence-electron chi connectivity index (χ1n) is 11.7. The minimum atomic E-state index is 0.159. The Hall–Kier alpha value is -3.32. The number of aryl methyl sites for hydroxylation is 4. The second kappa shape index (κ2) is 8.56. The van der Waals surface area contributed by atoms with Crippen molar-refractivity contribution in [1.82, 2.24) is 0 Å². The Morgan fingerprint density at radius 2 is 0.879 bits per heavy atom. The summed E-state index contributed by atoms with van der Waals surface area (Å²) in [7, 11) is 0. The highest BCUT2D eigenvalue weighted by molar-refractivity contribution is 5.78. The smallest absolute Gasteiger partial charge is 0.118 e. The van der Waals surface area contributed by atoms with Crippen molar-refractivity contribution >= 4 is 0 Å². The molecule has 4 aromatic rings. The maximum absolute atomic E-state index is 9.85. The quantitative estimate of drug-likeness (QED) is 0.341. The summed E-state index contributed by atoms with van der Waals surface area (Å²) in [6.07, 6.45) is 0. The first-order valence-corrected chi connectivity index (χ1v) is 11.7. The molecule has 4 aromatic carbocycles. The highest BCUT2D eigenvalue weighted by Gasteiger charge is 2.15. The molecule has 0 atom stereocenters. The van der Waals surface area contributed by atoms with Crippen molar-refractivity contribution in [3.63, 3.8) is 0 Å². The summed E-state index contributed by atoms with van der Waals surface area (Å²) in [6, 6.07) is 26.1. The van der Waals surface area contributed by atoms with Gasteiger partial charge in [0, 0.05) is 0 Å². The summed E-state index contributed by atoms with van der Waals surface area (Å²) in [4.78, 5) is 0. The largest absolute Gasteiger partial charge is 0.508 e. The van der Waals surface area contributed by atoms with Crippen molar-refractivity contribution in [2.75, 3.05) is 0 Å². The maximum Gasteiger partial charge on any atom is 0.118 e. The Morgan fingerprint density at radius 3 is 1.27 bits per heavy atom. The van der Waals surface area contributed by atoms with Gasteiger partial charge in [-0.25, -0.2) is 0 Å². The van der Waals surface area contributed by atoms with Gasteiger partial charge in [0.25, 0.3) is 0 Å². The molecule has 1 heteroatoms. The molecule has 0 fully saturated rings. The normalized spacial score (nSPS) is 11.6. The highest BCUT2D eigenvalue weighted by atomic mass is 16.3. The Kier molecular flexibility index (Phi) is 5.93. The summed E-state index contributed by atoms with van der Waals surface area (Å²) in [6.45, 7) is 15.3. The number of aromatic hydroxyl groups is 1. The molecule has 1 nitrogen and oxygen atoms in total. The molecule has 0 unspecified atom stereocenters. The molecule has 0 heterocycles. The predicted octanol–water partition coefficient (Wildman–Crippen LogP) is 8.92. The van der Waals surface area contributed by atoms with Gasteiger partial charge < -0.3 is 5.11 Å². The average molecular weight is 435 g/mol. The fourth-order valence-corrected chi connectivity index (χ4v) is 4.59. The molecule has 1 N–H and O–H groups in total. The van der Waals surface area contributed by atoms with Crippen molar-refractivity contribution in [3.05, 3.63) is 101 Å². The molecule has 33 heavy (non-hydrogen) atoms. The van der Waals surface area contributed by atoms with Gasteiger partial charge in [-0.1, -0.05) is 81.4 Å². The number of phenols is 1. The van der Waals surface area contributed by atoms with Crippen LogP contribution in [-0.2, 0) is 5.41 Å². The monoisotopic (exact) mass is 434 g/mol. The Morgan fingerprint density at radius 1 is 0.485 bits per heavy atom. The van der Waals surface area contributed by atoms with E-state index in [4.69, 9.17) is 0 Å². The van der Waals surface area contributed by atoms with Crippen LogP contribution in [0.4, 0.5) is 0 Å². The first kappa shape index (κ1) is 22.9. The van der Waals surface area contributed by atoms with Gasteiger partial charge in [0.05, 0.1) is 0 Å². The van der Waals surface area contributed by atoms with E-state index in [0.717, 1.165) is 11.1 Å². The number of benzene rings is 4. The van der Waals surface area contributed by atoms with E-state index in [1.807, 2.05) is 19.1 Å². The van der Waals surface area contributed by atoms with Crippen LogP contribution >= 0.6 is 0 Å². The molecule has 0 aliphatic carbocycles. The molecule has 0 spiro atoms. The molecule has 0 aliphatic rings. The van der Waals surface area contributed by atoms with Crippen LogP contribution in [0.1, 0.15) is 48.6 Å². The minimum absolute atomic E-state index is 0.159. The van der Waals surface area contributed by atoms with E-state index in [1.54, 1.807) is 6.07 Å². The highest BCUT2D eigenvalue weighted by Crippen LogP contribution is 2.35. The third kappa shape index (κ3) is 4.59. The first-order chi connectivity index (χ1) is 15.5. The van der Waals surface area contributed by atoms with Crippen LogP contribution in [-0.4, -0.2) is 5.11 Å². The Bertz CT molecular complexity index is 1340. The molecule has 0 radical (unpaired) electrons. The van der Waals surface area contributed by atoms with Gasteiger partial charge in [-0.2, -0.15) is 0 Å². The summed E-state index contributed by atoms with van der Waals surface area (Å²) < 4.78 is 0. The summed E-state index contributed by atoms with van der Waals surface area (Å²) >= 11 is 0. The van der Waals surface area contributed by atoms with Crippen LogP contribution in [0.15, 0.2) is 72.8 Å². The summed E-state index contributed by atoms with van der Waals surface area (Å²) in [5, 5.41) is 9.85. The second-order valence-corrected chi connectivity index (χ2v) is 10.3. The van der Waals surface area contributed by atoms with E-state index in [1.165, 1.54) is 50.1 Å². The van der Waals surface area contributed by atoms with Gasteiger partial charge in [-0.3, -0.25) is 0 Å². The van der Waals surface area contributed by atoms with E-state index in [0.29, 0.717) is 5.75 Å². The zero-order valence-corrected chi connectivity index (χ0v) is 20.9. The lowest BCUT2D eigenvalue weighted by molar-refractivity contribution is 0.471. The van der Waals surface area contributed by atoms with Crippen LogP contribution in [0.3, 0.4) is 0 Å². The van der Waals surface area contributed by atoms with Crippen LogP contribution in [0.5, 0.6) is 5.75 Å². The predicted molar refractivity (Wildman–Crippen MR) is 142 cm³/mol. The van der Waals surface area contributed by atoms with Gasteiger partial charge in [0.1, 0.15) is 5.75 Å². The minimum Gasteiger partial charge on any atom is -0.508 e. The average Bonchev–Trinajstić information content (AvgIpc) is 2.75. The zero-order chi connectivity index (χ0) is 23.9. The molecule has 0 saturated carbocycles. The summed E-state index contributed by atoms with van der Waals surface area (Å²) in [5.41, 5.74) is 13.6. The van der Waals surface area contributed by atoms with Crippen LogP contribution in [0, 0.1) is 27.7 Å². The zero-order valence-electron chi connectivity index (χ0n) is 20.9. The fraction of sp³-hybridized carbons (Fsp3) is 0.250. The molecule has 0 amide bonds. The lowest BCUT2D eigenvalue weighted by Crippen LogP contribution is -2.11. The van der Waals surface area contributed by atoms with E-state index in [2.05, 4.69) is 96.1 Å². The maximum atomic E-state index is 9.85. The molecule has 0 aromatic heterocycles. The van der Waals surface area contributed by atoms with Crippen molar-refractivity contribution in [2.24, 2.45) is 0 Å². The Labute approximate surface area is 198 Å². The van der Waals surface area contributed by atoms with Gasteiger partial charge in [-0.15, -0.1) is 0 Å². The molecule has 0 saturated heterocycles. The number of rotatable bonds is 3. The number of phenolic OH excluding ortho intramolecular Hbond substituents is 1. The molecule has 168 valence electrons. The third-order valence-corrected chi connectivity index (χ3v) is 6.68. The SMILES string of the molecule is Cc1cc(-c2ccc(-c3ccc(-c4ccc(C(C)(C)C)cc4C)cc3C)cc2C)ccc1O.